The van der Waals surface area contributed by atoms with Crippen LogP contribution < -0.4 is 4.72 Å². The molecule has 0 fully saturated rings. The number of nitro benzene ring substituents is 1. The van der Waals surface area contributed by atoms with E-state index in [0.717, 1.165) is 12.1 Å². The molecule has 0 saturated heterocycles. The molecule has 0 unspecified atom stereocenters. The van der Waals surface area contributed by atoms with Crippen molar-refractivity contribution in [3.8, 4) is 0 Å². The van der Waals surface area contributed by atoms with Gasteiger partial charge >= 0.3 is 5.97 Å². The van der Waals surface area contributed by atoms with Gasteiger partial charge in [0, 0.05) is 16.6 Å². The van der Waals surface area contributed by atoms with Crippen molar-refractivity contribution in [1.82, 2.24) is 4.72 Å². The van der Waals surface area contributed by atoms with Crippen LogP contribution >= 0.6 is 15.9 Å². The number of sulfonamides is 1. The molecule has 150 valence electrons. The van der Waals surface area contributed by atoms with E-state index in [0.29, 0.717) is 4.47 Å². The highest BCUT2D eigenvalue weighted by atomic mass is 79.9. The molecule has 2 aromatic carbocycles. The molecule has 11 heteroatoms. The second-order valence-electron chi connectivity index (χ2n) is 5.60. The molecule has 0 aromatic heterocycles. The minimum atomic E-state index is -4.15. The summed E-state index contributed by atoms with van der Waals surface area (Å²) in [6, 6.07) is 8.80. The molecule has 0 spiro atoms. The highest BCUT2D eigenvalue weighted by Gasteiger charge is 2.34. The number of nitro groups is 1. The Kier molecular flexibility index (Phi) is 7.24. The van der Waals surface area contributed by atoms with Gasteiger partial charge in [0.25, 0.3) is 5.69 Å². The number of nitrogens with zero attached hydrogens (tertiary/aromatic N) is 1. The summed E-state index contributed by atoms with van der Waals surface area (Å²) < 4.78 is 32.9. The first kappa shape index (κ1) is 22.0. The summed E-state index contributed by atoms with van der Waals surface area (Å²) in [6.45, 7) is 1.51. The third kappa shape index (κ3) is 5.35. The van der Waals surface area contributed by atoms with E-state index in [9.17, 15) is 28.4 Å². The van der Waals surface area contributed by atoms with Gasteiger partial charge in [-0.05, 0) is 48.9 Å². The zero-order chi connectivity index (χ0) is 20.9. The molecular weight excluding hydrogens is 456 g/mol. The van der Waals surface area contributed by atoms with E-state index < -0.39 is 33.1 Å². The lowest BCUT2D eigenvalue weighted by molar-refractivity contribution is -0.384. The Labute approximate surface area is 169 Å². The molecule has 0 aliphatic rings. The first-order valence-corrected chi connectivity index (χ1v) is 10.3. The van der Waals surface area contributed by atoms with Crippen LogP contribution in [0.1, 0.15) is 18.6 Å². The van der Waals surface area contributed by atoms with Crippen molar-refractivity contribution in [2.24, 2.45) is 0 Å². The maximum Gasteiger partial charge on any atom is 0.327 e. The van der Waals surface area contributed by atoms with E-state index in [1.807, 2.05) is 0 Å². The number of carbonyl (C=O) groups excluding carboxylic acids is 1. The van der Waals surface area contributed by atoms with Crippen LogP contribution in [0.5, 0.6) is 0 Å². The molecule has 0 amide bonds. The number of benzene rings is 2. The number of aliphatic hydroxyl groups is 1. The summed E-state index contributed by atoms with van der Waals surface area (Å²) >= 11 is 3.20. The predicted molar refractivity (Wildman–Crippen MR) is 103 cm³/mol. The molecule has 0 heterocycles. The van der Waals surface area contributed by atoms with E-state index in [1.165, 1.54) is 43.3 Å². The number of aliphatic hydroxyl groups excluding tert-OH is 1. The largest absolute Gasteiger partial charge is 0.465 e. The van der Waals surface area contributed by atoms with Crippen molar-refractivity contribution >= 4 is 37.6 Å². The smallest absolute Gasteiger partial charge is 0.327 e. The van der Waals surface area contributed by atoms with Gasteiger partial charge in [0.2, 0.25) is 10.0 Å². The van der Waals surface area contributed by atoms with Crippen LogP contribution in [0.3, 0.4) is 0 Å². The van der Waals surface area contributed by atoms with Crippen LogP contribution in [-0.4, -0.2) is 37.1 Å². The second kappa shape index (κ2) is 9.24. The fourth-order valence-corrected chi connectivity index (χ4v) is 3.76. The number of nitrogens with one attached hydrogen (secondary N) is 1. The maximum absolute atomic E-state index is 12.6. The molecule has 0 aliphatic carbocycles. The van der Waals surface area contributed by atoms with E-state index in [2.05, 4.69) is 20.7 Å². The quantitative estimate of drug-likeness (QED) is 0.341. The molecule has 2 N–H and O–H groups in total. The predicted octanol–water partition coefficient (Wildman–Crippen LogP) is 2.30. The summed E-state index contributed by atoms with van der Waals surface area (Å²) in [5.41, 5.74) is -0.0961. The average molecular weight is 473 g/mol. The van der Waals surface area contributed by atoms with E-state index in [4.69, 9.17) is 4.74 Å². The van der Waals surface area contributed by atoms with Crippen LogP contribution in [0.25, 0.3) is 0 Å². The summed E-state index contributed by atoms with van der Waals surface area (Å²) in [6.07, 6.45) is -1.62. The number of non-ortho nitro benzene ring substituents is 1. The van der Waals surface area contributed by atoms with E-state index in [-0.39, 0.29) is 22.8 Å². The Morgan fingerprint density at radius 3 is 2.29 bits per heavy atom. The van der Waals surface area contributed by atoms with Gasteiger partial charge in [0.15, 0.2) is 0 Å². The molecular formula is C17H17BrN2O7S. The molecule has 0 aliphatic heterocycles. The Morgan fingerprint density at radius 1 is 1.21 bits per heavy atom. The zero-order valence-electron chi connectivity index (χ0n) is 14.6. The fraction of sp³-hybridized carbons (Fsp3) is 0.235. The Morgan fingerprint density at radius 2 is 1.79 bits per heavy atom. The monoisotopic (exact) mass is 472 g/mol. The highest BCUT2D eigenvalue weighted by molar-refractivity contribution is 9.10. The lowest BCUT2D eigenvalue weighted by atomic mass is 10.0. The summed E-state index contributed by atoms with van der Waals surface area (Å²) in [5.74, 6) is -0.978. The van der Waals surface area contributed by atoms with Gasteiger partial charge in [0.05, 0.1) is 16.4 Å². The summed E-state index contributed by atoms with van der Waals surface area (Å²) in [7, 11) is -4.15. The SMILES string of the molecule is CCOC(=O)[C@H](NS(=O)(=O)c1ccc(Br)cc1)[C@H](O)c1ccc([N+](=O)[O-])cc1. The van der Waals surface area contributed by atoms with E-state index >= 15 is 0 Å². The maximum atomic E-state index is 12.6. The van der Waals surface area contributed by atoms with Gasteiger partial charge in [-0.1, -0.05) is 15.9 Å². The van der Waals surface area contributed by atoms with Gasteiger partial charge in [0.1, 0.15) is 12.1 Å². The highest BCUT2D eigenvalue weighted by Crippen LogP contribution is 2.23. The van der Waals surface area contributed by atoms with Crippen molar-refractivity contribution < 1.29 is 28.0 Å². The molecule has 9 nitrogen and oxygen atoms in total. The third-order valence-corrected chi connectivity index (χ3v) is 5.69. The molecule has 2 aromatic rings. The Bertz CT molecular complexity index is 946. The Balaban J connectivity index is 2.34. The van der Waals surface area contributed by atoms with Crippen LogP contribution in [-0.2, 0) is 19.6 Å². The first-order valence-electron chi connectivity index (χ1n) is 8.02. The minimum absolute atomic E-state index is 0.0255. The van der Waals surface area contributed by atoms with Crippen molar-refractivity contribution in [3.63, 3.8) is 0 Å². The standard InChI is InChI=1S/C17H17BrN2O7S/c1-2-27-17(22)15(16(21)11-3-7-13(8-4-11)20(23)24)19-28(25,26)14-9-5-12(18)6-10-14/h3-10,15-16,19,21H,2H2,1H3/t15-,16-/m1/s1. The van der Waals surface area contributed by atoms with Gasteiger partial charge in [-0.25, -0.2) is 8.42 Å². The number of esters is 1. The van der Waals surface area contributed by atoms with Crippen molar-refractivity contribution in [2.45, 2.75) is 24.0 Å². The molecule has 0 bridgehead atoms. The molecule has 0 radical (unpaired) electrons. The number of carbonyl (C=O) groups is 1. The Hall–Kier alpha value is -2.34. The molecule has 0 saturated carbocycles. The minimum Gasteiger partial charge on any atom is -0.465 e. The lowest BCUT2D eigenvalue weighted by Crippen LogP contribution is -2.45. The van der Waals surface area contributed by atoms with Crippen molar-refractivity contribution in [1.29, 1.82) is 0 Å². The van der Waals surface area contributed by atoms with Gasteiger partial charge in [-0.3, -0.25) is 14.9 Å². The molecule has 2 atom stereocenters. The van der Waals surface area contributed by atoms with Gasteiger partial charge in [-0.15, -0.1) is 0 Å². The van der Waals surface area contributed by atoms with Crippen molar-refractivity contribution in [3.05, 3.63) is 68.7 Å². The molecule has 2 rings (SSSR count). The lowest BCUT2D eigenvalue weighted by Gasteiger charge is -2.22. The first-order chi connectivity index (χ1) is 13.2. The molecule has 28 heavy (non-hydrogen) atoms. The third-order valence-electron chi connectivity index (χ3n) is 3.71. The average Bonchev–Trinajstić information content (AvgIpc) is 2.66. The fourth-order valence-electron chi connectivity index (χ4n) is 2.31. The number of hydrogen-bond donors (Lipinski definition) is 2. The van der Waals surface area contributed by atoms with Gasteiger partial charge in [-0.2, -0.15) is 4.72 Å². The normalized spacial score (nSPS) is 13.5. The van der Waals surface area contributed by atoms with Crippen molar-refractivity contribution in [2.75, 3.05) is 6.61 Å². The van der Waals surface area contributed by atoms with Crippen LogP contribution in [0, 0.1) is 10.1 Å². The van der Waals surface area contributed by atoms with Crippen LogP contribution in [0.15, 0.2) is 57.9 Å². The number of rotatable bonds is 8. The summed E-state index contributed by atoms with van der Waals surface area (Å²) in [5, 5.41) is 21.3. The number of ether oxygens (including phenoxy) is 1. The van der Waals surface area contributed by atoms with Crippen LogP contribution in [0.4, 0.5) is 5.69 Å². The topological polar surface area (TPSA) is 136 Å². The second-order valence-corrected chi connectivity index (χ2v) is 8.23. The zero-order valence-corrected chi connectivity index (χ0v) is 17.0. The van der Waals surface area contributed by atoms with E-state index in [1.54, 1.807) is 0 Å². The van der Waals surface area contributed by atoms with Gasteiger partial charge < -0.3 is 9.84 Å². The number of halogens is 1. The number of hydrogen-bond acceptors (Lipinski definition) is 7. The summed E-state index contributed by atoms with van der Waals surface area (Å²) in [4.78, 5) is 22.3. The van der Waals surface area contributed by atoms with Crippen LogP contribution in [0.2, 0.25) is 0 Å².